The highest BCUT2D eigenvalue weighted by Gasteiger charge is 2.36. The van der Waals surface area contributed by atoms with Crippen LogP contribution in [0.15, 0.2) is 88.7 Å². The average molecular weight is 704 g/mol. The quantitative estimate of drug-likeness (QED) is 0.231. The van der Waals surface area contributed by atoms with Crippen molar-refractivity contribution in [1.29, 1.82) is 0 Å². The molecule has 0 bridgehead atoms. The highest BCUT2D eigenvalue weighted by molar-refractivity contribution is 9.10. The van der Waals surface area contributed by atoms with Gasteiger partial charge in [-0.15, -0.1) is 10.2 Å². The molecule has 1 atom stereocenters. The standard InChI is InChI=1S/C33H26BrF3N8O2/c1-19-12-24-27(17-43(19)31(46)21-8-10-26(34)25(14-21)33(35,36)37)45-30(23(16-40-45)13-20-6-4-3-5-7-20)44(32(24)47)28-11-9-22(15-38-28)29-41-39-18-42(29)2/h3-11,14-16,18-19H,12-13,17H2,1-2H3/t19-/m0/s1. The number of hydrogen-bond donors (Lipinski definition) is 0. The molecule has 0 fully saturated rings. The third-order valence-corrected chi connectivity index (χ3v) is 9.10. The van der Waals surface area contributed by atoms with Crippen LogP contribution >= 0.6 is 15.9 Å². The summed E-state index contributed by atoms with van der Waals surface area (Å²) < 4.78 is 45.8. The molecule has 0 spiro atoms. The molecule has 47 heavy (non-hydrogen) atoms. The molecular formula is C33H26BrF3N8O2. The Balaban J connectivity index is 1.36. The van der Waals surface area contributed by atoms with Gasteiger partial charge in [-0.25, -0.2) is 14.1 Å². The largest absolute Gasteiger partial charge is 0.417 e. The molecule has 4 aromatic heterocycles. The van der Waals surface area contributed by atoms with Crippen LogP contribution in [0.1, 0.15) is 45.2 Å². The van der Waals surface area contributed by atoms with Crippen LogP contribution in [0, 0.1) is 0 Å². The predicted molar refractivity (Wildman–Crippen MR) is 170 cm³/mol. The Morgan fingerprint density at radius 1 is 1.06 bits per heavy atom. The van der Waals surface area contributed by atoms with Crippen LogP contribution in [0.25, 0.3) is 22.9 Å². The maximum absolute atomic E-state index is 14.4. The lowest BCUT2D eigenvalue weighted by Crippen LogP contribution is -2.46. The van der Waals surface area contributed by atoms with E-state index in [0.29, 0.717) is 35.0 Å². The van der Waals surface area contributed by atoms with Crippen LogP contribution in [-0.2, 0) is 32.6 Å². The summed E-state index contributed by atoms with van der Waals surface area (Å²) >= 11 is 2.94. The first kappa shape index (κ1) is 30.5. The molecule has 0 saturated heterocycles. The lowest BCUT2D eigenvalue weighted by atomic mass is 9.98. The number of benzene rings is 2. The van der Waals surface area contributed by atoms with Crippen molar-refractivity contribution in [3.05, 3.63) is 128 Å². The highest BCUT2D eigenvalue weighted by atomic mass is 79.9. The minimum absolute atomic E-state index is 0.0235. The zero-order valence-corrected chi connectivity index (χ0v) is 26.7. The number of carbonyl (C=O) groups is 1. The lowest BCUT2D eigenvalue weighted by molar-refractivity contribution is -0.138. The number of rotatable bonds is 5. The molecule has 14 heteroatoms. The van der Waals surface area contributed by atoms with Crippen LogP contribution < -0.4 is 5.56 Å². The Morgan fingerprint density at radius 2 is 1.85 bits per heavy atom. The van der Waals surface area contributed by atoms with E-state index in [-0.39, 0.29) is 28.6 Å². The van der Waals surface area contributed by atoms with E-state index < -0.39 is 23.7 Å². The van der Waals surface area contributed by atoms with Gasteiger partial charge in [0.15, 0.2) is 5.82 Å². The number of amides is 1. The smallest absolute Gasteiger partial charge is 0.330 e. The minimum atomic E-state index is -4.64. The Kier molecular flexibility index (Phi) is 7.54. The summed E-state index contributed by atoms with van der Waals surface area (Å²) in [6.07, 6.45) is 0.912. The van der Waals surface area contributed by atoms with E-state index in [1.54, 1.807) is 45.4 Å². The van der Waals surface area contributed by atoms with Gasteiger partial charge in [0.05, 0.1) is 24.0 Å². The van der Waals surface area contributed by atoms with Gasteiger partial charge in [-0.2, -0.15) is 18.3 Å². The molecule has 0 radical (unpaired) electrons. The van der Waals surface area contributed by atoms with Crippen molar-refractivity contribution < 1.29 is 18.0 Å². The molecule has 0 saturated carbocycles. The summed E-state index contributed by atoms with van der Waals surface area (Å²) in [6, 6.07) is 16.2. The van der Waals surface area contributed by atoms with Crippen LogP contribution in [0.5, 0.6) is 0 Å². The Labute approximate surface area is 274 Å². The van der Waals surface area contributed by atoms with E-state index in [1.165, 1.54) is 17.0 Å². The molecule has 5 heterocycles. The third-order valence-electron chi connectivity index (χ3n) is 8.41. The molecule has 1 amide bonds. The van der Waals surface area contributed by atoms with Gasteiger partial charge in [-0.05, 0) is 49.2 Å². The number of aromatic nitrogens is 7. The molecule has 0 aliphatic carbocycles. The van der Waals surface area contributed by atoms with Gasteiger partial charge in [-0.1, -0.05) is 46.3 Å². The average Bonchev–Trinajstić information content (AvgIpc) is 3.67. The zero-order chi connectivity index (χ0) is 33.0. The fourth-order valence-electron chi connectivity index (χ4n) is 6.05. The van der Waals surface area contributed by atoms with Crippen molar-refractivity contribution in [1.82, 2.24) is 38.8 Å². The number of hydrogen-bond acceptors (Lipinski definition) is 6. The van der Waals surface area contributed by atoms with E-state index in [4.69, 9.17) is 0 Å². The molecule has 1 aliphatic heterocycles. The van der Waals surface area contributed by atoms with Gasteiger partial charge in [0.1, 0.15) is 17.8 Å². The molecule has 1 aliphatic rings. The van der Waals surface area contributed by atoms with Gasteiger partial charge in [0, 0.05) is 52.4 Å². The van der Waals surface area contributed by atoms with E-state index in [9.17, 15) is 22.8 Å². The first-order valence-electron chi connectivity index (χ1n) is 14.7. The Hall–Kier alpha value is -5.11. The van der Waals surface area contributed by atoms with Crippen LogP contribution in [0.4, 0.5) is 13.2 Å². The molecular weight excluding hydrogens is 677 g/mol. The van der Waals surface area contributed by atoms with Crippen molar-refractivity contribution in [2.75, 3.05) is 0 Å². The SMILES string of the molecule is C[C@H]1Cc2c(n3ncc(Cc4ccccc4)c3n(-c3ccc(-c4nncn4C)cn3)c2=O)CN1C(=O)c1ccc(Br)c(C(F)(F)F)c1. The molecule has 2 aromatic carbocycles. The number of carbonyl (C=O) groups excluding carboxylic acids is 1. The molecule has 6 aromatic rings. The summed E-state index contributed by atoms with van der Waals surface area (Å²) in [4.78, 5) is 34.3. The van der Waals surface area contributed by atoms with Crippen molar-refractivity contribution in [3.8, 4) is 17.2 Å². The second-order valence-corrected chi connectivity index (χ2v) is 12.3. The maximum Gasteiger partial charge on any atom is 0.417 e. The van der Waals surface area contributed by atoms with Crippen molar-refractivity contribution >= 4 is 27.5 Å². The summed E-state index contributed by atoms with van der Waals surface area (Å²) in [5.74, 6) is 0.424. The van der Waals surface area contributed by atoms with Gasteiger partial charge in [-0.3, -0.25) is 9.59 Å². The molecule has 0 N–H and O–H groups in total. The van der Waals surface area contributed by atoms with E-state index in [2.05, 4.69) is 36.2 Å². The second-order valence-electron chi connectivity index (χ2n) is 11.5. The van der Waals surface area contributed by atoms with Crippen LogP contribution in [0.3, 0.4) is 0 Å². The second kappa shape index (κ2) is 11.6. The number of nitrogens with zero attached hydrogens (tertiary/aromatic N) is 8. The Bertz CT molecular complexity index is 2210. The summed E-state index contributed by atoms with van der Waals surface area (Å²) in [5.41, 5.74) is 2.58. The van der Waals surface area contributed by atoms with Crippen molar-refractivity contribution in [3.63, 3.8) is 0 Å². The minimum Gasteiger partial charge on any atom is -0.330 e. The van der Waals surface area contributed by atoms with Gasteiger partial charge >= 0.3 is 6.18 Å². The van der Waals surface area contributed by atoms with E-state index >= 15 is 0 Å². The van der Waals surface area contributed by atoms with Crippen molar-refractivity contribution in [2.24, 2.45) is 7.05 Å². The third kappa shape index (κ3) is 5.41. The lowest BCUT2D eigenvalue weighted by Gasteiger charge is -2.35. The topological polar surface area (TPSA) is 103 Å². The van der Waals surface area contributed by atoms with E-state index in [0.717, 1.165) is 22.8 Å². The maximum atomic E-state index is 14.4. The first-order valence-corrected chi connectivity index (χ1v) is 15.5. The number of halogens is 4. The highest BCUT2D eigenvalue weighted by Crippen LogP contribution is 2.36. The first-order chi connectivity index (χ1) is 22.5. The number of pyridine rings is 1. The Morgan fingerprint density at radius 3 is 2.53 bits per heavy atom. The van der Waals surface area contributed by atoms with Crippen LogP contribution in [-0.4, -0.2) is 50.8 Å². The van der Waals surface area contributed by atoms with Crippen molar-refractivity contribution in [2.45, 2.75) is 38.5 Å². The van der Waals surface area contributed by atoms with Gasteiger partial charge < -0.3 is 9.47 Å². The zero-order valence-electron chi connectivity index (χ0n) is 25.1. The monoisotopic (exact) mass is 702 g/mol. The molecule has 238 valence electrons. The number of fused-ring (bicyclic) bond motifs is 3. The number of aryl methyl sites for hydroxylation is 1. The predicted octanol–water partition coefficient (Wildman–Crippen LogP) is 5.63. The molecule has 0 unspecified atom stereocenters. The molecule has 10 nitrogen and oxygen atoms in total. The van der Waals surface area contributed by atoms with Gasteiger partial charge in [0.25, 0.3) is 11.5 Å². The number of alkyl halides is 3. The summed E-state index contributed by atoms with van der Waals surface area (Å²) in [7, 11) is 1.82. The molecule has 7 rings (SSSR count). The summed E-state index contributed by atoms with van der Waals surface area (Å²) in [6.45, 7) is 1.75. The van der Waals surface area contributed by atoms with Crippen LogP contribution in [0.2, 0.25) is 0 Å². The van der Waals surface area contributed by atoms with E-state index in [1.807, 2.05) is 43.4 Å². The fourth-order valence-corrected chi connectivity index (χ4v) is 6.52. The normalized spacial score (nSPS) is 14.9. The van der Waals surface area contributed by atoms with Gasteiger partial charge in [0.2, 0.25) is 0 Å². The fraction of sp³-hybridized carbons (Fsp3) is 0.212. The summed E-state index contributed by atoms with van der Waals surface area (Å²) in [5, 5.41) is 12.8.